The number of hydrogen-bond acceptors (Lipinski definition) is 8. The van der Waals surface area contributed by atoms with E-state index in [1.165, 1.54) is 30.4 Å². The highest BCUT2D eigenvalue weighted by molar-refractivity contribution is 6.00. The van der Waals surface area contributed by atoms with Gasteiger partial charge in [-0.1, -0.05) is 79.7 Å². The maximum absolute atomic E-state index is 14.3. The Bertz CT molecular complexity index is 1560. The molecule has 0 amide bonds. The van der Waals surface area contributed by atoms with Gasteiger partial charge in [-0.25, -0.2) is 14.8 Å². The average molecular weight is 642 g/mol. The molecule has 2 unspecified atom stereocenters. The van der Waals surface area contributed by atoms with E-state index in [9.17, 15) is 20.0 Å². The van der Waals surface area contributed by atoms with E-state index in [2.05, 4.69) is 53.4 Å². The largest absolute Gasteiger partial charge is 0.595 e. The lowest BCUT2D eigenvalue weighted by Crippen LogP contribution is -2.99. The molecule has 0 spiro atoms. The first-order valence-corrected chi connectivity index (χ1v) is 16.0. The van der Waals surface area contributed by atoms with Crippen LogP contribution in [-0.4, -0.2) is 66.8 Å². The summed E-state index contributed by atoms with van der Waals surface area (Å²) in [6, 6.07) is 27.3. The van der Waals surface area contributed by atoms with Gasteiger partial charge in [0.15, 0.2) is 5.69 Å². The van der Waals surface area contributed by atoms with Gasteiger partial charge >= 0.3 is 11.9 Å². The third kappa shape index (κ3) is 8.36. The molecule has 2 atom stereocenters. The summed E-state index contributed by atoms with van der Waals surface area (Å²) in [6.07, 6.45) is 1.36. The zero-order chi connectivity index (χ0) is 34.3. The van der Waals surface area contributed by atoms with Crippen LogP contribution in [0.2, 0.25) is 0 Å². The summed E-state index contributed by atoms with van der Waals surface area (Å²) in [7, 11) is 5.13. The van der Waals surface area contributed by atoms with Gasteiger partial charge in [-0.15, -0.1) is 0 Å². The summed E-state index contributed by atoms with van der Waals surface area (Å²) in [6.45, 7) is 8.74. The van der Waals surface area contributed by atoms with Crippen LogP contribution >= 0.6 is 0 Å². The van der Waals surface area contributed by atoms with Gasteiger partial charge in [0.05, 0.1) is 24.2 Å². The van der Waals surface area contributed by atoms with Crippen LogP contribution < -0.4 is 5.23 Å². The van der Waals surface area contributed by atoms with Gasteiger partial charge in [0, 0.05) is 43.0 Å². The molecule has 3 aromatic carbocycles. The van der Waals surface area contributed by atoms with Gasteiger partial charge < -0.3 is 24.5 Å². The summed E-state index contributed by atoms with van der Waals surface area (Å²) in [4.78, 5) is 31.5. The van der Waals surface area contributed by atoms with Crippen molar-refractivity contribution in [3.05, 3.63) is 129 Å². The second-order valence-electron chi connectivity index (χ2n) is 12.7. The average Bonchev–Trinajstić information content (AvgIpc) is 3.05. The molecule has 0 aliphatic carbocycles. The fourth-order valence-corrected chi connectivity index (χ4v) is 6.62. The number of nitrogens with zero attached hydrogens (tertiary/aromatic N) is 2. The molecule has 1 heterocycles. The van der Waals surface area contributed by atoms with Crippen LogP contribution in [0.3, 0.4) is 0 Å². The van der Waals surface area contributed by atoms with Gasteiger partial charge in [0.2, 0.25) is 0 Å². The molecular weight excluding hydrogens is 594 g/mol. The highest BCUT2D eigenvalue weighted by Crippen LogP contribution is 2.44. The van der Waals surface area contributed by atoms with Gasteiger partial charge in [-0.05, 0) is 63.9 Å². The molecule has 250 valence electrons. The van der Waals surface area contributed by atoms with Crippen molar-refractivity contribution < 1.29 is 29.5 Å². The molecular formula is C38H47N3O6. The highest BCUT2D eigenvalue weighted by Gasteiger charge is 2.42. The van der Waals surface area contributed by atoms with E-state index in [0.29, 0.717) is 35.5 Å². The molecule has 0 radical (unpaired) electrons. The number of nitrogens with one attached hydrogen (secondary N) is 1. The maximum atomic E-state index is 14.3. The Kier molecular flexibility index (Phi) is 11.8. The molecule has 1 aliphatic heterocycles. The Hall–Kier alpha value is -4.28. The maximum Gasteiger partial charge on any atom is 0.337 e. The van der Waals surface area contributed by atoms with Gasteiger partial charge in [-0.2, -0.15) is 5.23 Å². The van der Waals surface area contributed by atoms with Crippen molar-refractivity contribution in [2.24, 2.45) is 0 Å². The number of likely N-dealkylation sites (N-methyl/N-ethyl adjacent to an activating group) is 1. The van der Waals surface area contributed by atoms with Crippen molar-refractivity contribution in [3.8, 4) is 0 Å². The van der Waals surface area contributed by atoms with Crippen molar-refractivity contribution in [3.63, 3.8) is 0 Å². The quantitative estimate of drug-likeness (QED) is 0.181. The van der Waals surface area contributed by atoms with Crippen molar-refractivity contribution >= 4 is 17.6 Å². The Labute approximate surface area is 278 Å². The van der Waals surface area contributed by atoms with Crippen LogP contribution in [0.25, 0.3) is 0 Å². The number of methoxy groups -OCH3 is 1. The molecule has 0 saturated carbocycles. The molecule has 9 nitrogen and oxygen atoms in total. The van der Waals surface area contributed by atoms with Crippen LogP contribution in [-0.2, 0) is 19.1 Å². The van der Waals surface area contributed by atoms with Crippen LogP contribution in [0.1, 0.15) is 69.1 Å². The molecule has 2 N–H and O–H groups in total. The van der Waals surface area contributed by atoms with Crippen molar-refractivity contribution in [1.29, 1.82) is 0 Å². The fraction of sp³-hybridized carbons (Fsp3) is 0.368. The second-order valence-corrected chi connectivity index (χ2v) is 12.7. The molecule has 0 fully saturated rings. The number of ether oxygens (including phenoxy) is 2. The van der Waals surface area contributed by atoms with E-state index in [1.807, 2.05) is 51.9 Å². The Morgan fingerprint density at radius 3 is 2.11 bits per heavy atom. The third-order valence-electron chi connectivity index (χ3n) is 8.84. The Morgan fingerprint density at radius 2 is 1.57 bits per heavy atom. The van der Waals surface area contributed by atoms with Crippen molar-refractivity contribution in [2.75, 3.05) is 34.3 Å². The lowest BCUT2D eigenvalue weighted by molar-refractivity contribution is -0.991. The smallest absolute Gasteiger partial charge is 0.337 e. The summed E-state index contributed by atoms with van der Waals surface area (Å²) >= 11 is 0. The first-order valence-electron chi connectivity index (χ1n) is 16.0. The summed E-state index contributed by atoms with van der Waals surface area (Å²) in [5.74, 6) is -1.80. The fourth-order valence-electron chi connectivity index (χ4n) is 6.62. The minimum absolute atomic E-state index is 0.0559. The lowest BCUT2D eigenvalue weighted by atomic mass is 9.79. The van der Waals surface area contributed by atoms with E-state index >= 15 is 0 Å². The first-order chi connectivity index (χ1) is 22.4. The number of hydrogen-bond donors (Lipinski definition) is 2. The highest BCUT2D eigenvalue weighted by atomic mass is 16.8. The van der Waals surface area contributed by atoms with Gasteiger partial charge in [0.1, 0.15) is 5.60 Å². The second kappa shape index (κ2) is 15.5. The standard InChI is InChI=1S/C38H47N3O6/c1-8-32-35(34(29-20-15-21-30(24-29)41(44)45)33(36(42)46-7)26(2)40(32)6)37(43)47-38(3,4)25-39(5)23-22-31(27-16-11-9-12-17-27)28-18-13-10-14-19-28/h9-21,24,31,34,41,44H,8,22-23,25H2,1-7H3. The monoisotopic (exact) mass is 641 g/mol. The van der Waals surface area contributed by atoms with Crippen LogP contribution in [0, 0.1) is 5.21 Å². The van der Waals surface area contributed by atoms with E-state index < -0.39 is 28.7 Å². The number of rotatable bonds is 13. The summed E-state index contributed by atoms with van der Waals surface area (Å²) in [5, 5.41) is 20.5. The molecule has 0 aromatic heterocycles. The number of quaternary nitrogens is 1. The number of carbonyl (C=O) groups excluding carboxylic acids is 2. The summed E-state index contributed by atoms with van der Waals surface area (Å²) in [5.41, 5.74) is 4.06. The topological polar surface area (TPSA) is 107 Å². The molecule has 4 rings (SSSR count). The molecule has 9 heteroatoms. The normalized spacial score (nSPS) is 16.1. The predicted molar refractivity (Wildman–Crippen MR) is 182 cm³/mol. The zero-order valence-electron chi connectivity index (χ0n) is 28.4. The van der Waals surface area contributed by atoms with Crippen LogP contribution in [0.15, 0.2) is 107 Å². The van der Waals surface area contributed by atoms with Crippen molar-refractivity contribution in [2.45, 2.75) is 58.0 Å². The first kappa shape index (κ1) is 35.6. The number of carbonyl (C=O) groups is 2. The predicted octanol–water partition coefficient (Wildman–Crippen LogP) is 5.71. The van der Waals surface area contributed by atoms with Gasteiger partial charge in [-0.3, -0.25) is 0 Å². The van der Waals surface area contributed by atoms with Crippen LogP contribution in [0.4, 0.5) is 5.69 Å². The SMILES string of the molecule is CCC1=C(C(=O)OC(C)(C)CN(C)CCC(c2ccccc2)c2ccccc2)C(c2cccc([NH+]([O-])O)c2)C(C(=O)OC)=C(C)N1C. The minimum Gasteiger partial charge on any atom is -0.595 e. The number of benzene rings is 3. The number of allylic oxidation sites excluding steroid dienone is 2. The van der Waals surface area contributed by atoms with E-state index in [0.717, 1.165) is 13.0 Å². The Morgan fingerprint density at radius 1 is 0.979 bits per heavy atom. The van der Waals surface area contributed by atoms with E-state index in [4.69, 9.17) is 9.47 Å². The minimum atomic E-state index is -1.10. The molecule has 3 aromatic rings. The van der Waals surface area contributed by atoms with Gasteiger partial charge in [0.25, 0.3) is 0 Å². The molecule has 47 heavy (non-hydrogen) atoms. The molecule has 0 saturated heterocycles. The molecule has 0 bridgehead atoms. The van der Waals surface area contributed by atoms with E-state index in [-0.39, 0.29) is 17.2 Å². The molecule has 1 aliphatic rings. The summed E-state index contributed by atoms with van der Waals surface area (Å²) < 4.78 is 11.5. The zero-order valence-corrected chi connectivity index (χ0v) is 28.4. The van der Waals surface area contributed by atoms with Crippen molar-refractivity contribution in [1.82, 2.24) is 9.80 Å². The van der Waals surface area contributed by atoms with E-state index in [1.54, 1.807) is 19.1 Å². The lowest BCUT2D eigenvalue weighted by Gasteiger charge is -2.38. The Balaban J connectivity index is 1.60. The third-order valence-corrected chi connectivity index (χ3v) is 8.84. The number of esters is 2. The van der Waals surface area contributed by atoms with Crippen LogP contribution in [0.5, 0.6) is 0 Å².